The second kappa shape index (κ2) is 8.79. The molecule has 2 aromatic rings. The Kier molecular flexibility index (Phi) is 6.15. The van der Waals surface area contributed by atoms with Gasteiger partial charge < -0.3 is 20.1 Å². The summed E-state index contributed by atoms with van der Waals surface area (Å²) in [4.78, 5) is 31.8. The molecule has 2 fully saturated rings. The van der Waals surface area contributed by atoms with E-state index in [0.29, 0.717) is 35.6 Å². The monoisotopic (exact) mass is 420 g/mol. The molecule has 2 saturated heterocycles. The maximum absolute atomic E-state index is 12.9. The molecule has 2 N–H and O–H groups in total. The predicted octanol–water partition coefficient (Wildman–Crippen LogP) is 0.959. The number of halogens is 1. The van der Waals surface area contributed by atoms with Gasteiger partial charge in [0.15, 0.2) is 5.78 Å². The number of fused-ring (bicyclic) bond motifs is 1. The predicted molar refractivity (Wildman–Crippen MR) is 111 cm³/mol. The Morgan fingerprint density at radius 3 is 2.90 bits per heavy atom. The summed E-state index contributed by atoms with van der Waals surface area (Å²) in [6.45, 7) is 3.45. The summed E-state index contributed by atoms with van der Waals surface area (Å²) in [5.74, 6) is -0.122. The number of hydrogen-bond acceptors (Lipinski definition) is 7. The quantitative estimate of drug-likeness (QED) is 0.743. The molecule has 0 bridgehead atoms. The highest BCUT2D eigenvalue weighted by Gasteiger charge is 2.25. The van der Waals surface area contributed by atoms with E-state index >= 15 is 0 Å². The first kappa shape index (κ1) is 20.3. The molecule has 0 spiro atoms. The second-order valence-corrected chi connectivity index (χ2v) is 8.02. The number of nitrogens with zero attached hydrogens (tertiary/aromatic N) is 3. The Labute approximate surface area is 173 Å². The second-order valence-electron chi connectivity index (χ2n) is 7.61. The molecule has 1 aromatic heterocycles. The lowest BCUT2D eigenvalue weighted by atomic mass is 9.97. The zero-order chi connectivity index (χ0) is 20.4. The van der Waals surface area contributed by atoms with Crippen molar-refractivity contribution in [2.45, 2.75) is 38.0 Å². The smallest absolute Gasteiger partial charge is 0.261 e. The third kappa shape index (κ3) is 4.45. The van der Waals surface area contributed by atoms with Crippen molar-refractivity contribution in [1.29, 1.82) is 0 Å². The van der Waals surface area contributed by atoms with E-state index in [1.54, 1.807) is 6.07 Å². The van der Waals surface area contributed by atoms with Crippen molar-refractivity contribution in [3.05, 3.63) is 33.8 Å². The minimum atomic E-state index is -0.531. The van der Waals surface area contributed by atoms with Gasteiger partial charge in [0.25, 0.3) is 5.56 Å². The summed E-state index contributed by atoms with van der Waals surface area (Å²) in [6.07, 6.45) is 2.64. The largest absolute Gasteiger partial charge is 0.391 e. The fourth-order valence-corrected chi connectivity index (χ4v) is 4.25. The number of aliphatic hydroxyl groups excluding tert-OH is 1. The first-order valence-electron chi connectivity index (χ1n) is 9.97. The van der Waals surface area contributed by atoms with Gasteiger partial charge in [-0.3, -0.25) is 14.2 Å². The van der Waals surface area contributed by atoms with Crippen LogP contribution in [0.15, 0.2) is 23.3 Å². The van der Waals surface area contributed by atoms with Crippen LogP contribution >= 0.6 is 11.6 Å². The van der Waals surface area contributed by atoms with Gasteiger partial charge in [0, 0.05) is 25.6 Å². The van der Waals surface area contributed by atoms with Gasteiger partial charge in [0.2, 0.25) is 0 Å². The van der Waals surface area contributed by atoms with Crippen LogP contribution in [0.5, 0.6) is 0 Å². The number of carbonyl (C=O) groups is 1. The summed E-state index contributed by atoms with van der Waals surface area (Å²) in [5, 5.41) is 14.1. The van der Waals surface area contributed by atoms with Gasteiger partial charge in [-0.15, -0.1) is 0 Å². The summed E-state index contributed by atoms with van der Waals surface area (Å²) in [5.41, 5.74) is 1.09. The lowest BCUT2D eigenvalue weighted by Gasteiger charge is -2.29. The molecular formula is C20H25ClN4O4. The van der Waals surface area contributed by atoms with Crippen molar-refractivity contribution in [2.24, 2.45) is 0 Å². The van der Waals surface area contributed by atoms with E-state index in [-0.39, 0.29) is 30.3 Å². The Morgan fingerprint density at radius 1 is 1.34 bits per heavy atom. The Bertz CT molecular complexity index is 957. The maximum atomic E-state index is 12.9. The number of morpholine rings is 1. The lowest BCUT2D eigenvalue weighted by Crippen LogP contribution is -2.46. The number of aliphatic hydroxyl groups is 1. The zero-order valence-corrected chi connectivity index (χ0v) is 16.9. The fraction of sp³-hybridized carbons (Fsp3) is 0.550. The molecule has 3 heterocycles. The van der Waals surface area contributed by atoms with E-state index in [0.717, 1.165) is 31.7 Å². The normalized spacial score (nSPS) is 22.8. The molecule has 4 rings (SSSR count). The van der Waals surface area contributed by atoms with Crippen LogP contribution in [0.25, 0.3) is 10.9 Å². The SMILES string of the molecule is O=C(C[C@@H]1NCCC[C@H]1O)Cn1cnc2cc(N3CCOCC3)c(Cl)cc2c1=O. The summed E-state index contributed by atoms with van der Waals surface area (Å²) >= 11 is 6.45. The maximum Gasteiger partial charge on any atom is 0.261 e. The van der Waals surface area contributed by atoms with Gasteiger partial charge in [0.05, 0.1) is 53.8 Å². The van der Waals surface area contributed by atoms with E-state index in [1.165, 1.54) is 10.9 Å². The highest BCUT2D eigenvalue weighted by Crippen LogP contribution is 2.29. The fourth-order valence-electron chi connectivity index (χ4n) is 3.97. The van der Waals surface area contributed by atoms with Crippen LogP contribution in [0.2, 0.25) is 5.02 Å². The number of ketones is 1. The Balaban J connectivity index is 1.54. The number of piperidine rings is 1. The van der Waals surface area contributed by atoms with Crippen molar-refractivity contribution in [3.63, 3.8) is 0 Å². The average Bonchev–Trinajstić information content (AvgIpc) is 2.72. The van der Waals surface area contributed by atoms with E-state index in [4.69, 9.17) is 16.3 Å². The van der Waals surface area contributed by atoms with Gasteiger partial charge in [-0.1, -0.05) is 11.6 Å². The topological polar surface area (TPSA) is 96.7 Å². The summed E-state index contributed by atoms with van der Waals surface area (Å²) in [6, 6.07) is 3.19. The van der Waals surface area contributed by atoms with Crippen molar-refractivity contribution < 1.29 is 14.6 Å². The van der Waals surface area contributed by atoms with Gasteiger partial charge in [-0.2, -0.15) is 0 Å². The number of Topliss-reactive ketones (excluding diaryl/α,β-unsaturated/α-hetero) is 1. The zero-order valence-electron chi connectivity index (χ0n) is 16.1. The molecule has 29 heavy (non-hydrogen) atoms. The van der Waals surface area contributed by atoms with Crippen LogP contribution in [-0.2, 0) is 16.1 Å². The first-order chi connectivity index (χ1) is 14.0. The van der Waals surface area contributed by atoms with Crippen molar-refractivity contribution in [1.82, 2.24) is 14.9 Å². The number of benzene rings is 1. The number of hydrogen-bond donors (Lipinski definition) is 2. The van der Waals surface area contributed by atoms with Crippen molar-refractivity contribution >= 4 is 34.0 Å². The molecule has 1 aromatic carbocycles. The molecule has 0 radical (unpaired) electrons. The van der Waals surface area contributed by atoms with Crippen molar-refractivity contribution in [3.8, 4) is 0 Å². The summed E-state index contributed by atoms with van der Waals surface area (Å²) in [7, 11) is 0. The van der Waals surface area contributed by atoms with Gasteiger partial charge >= 0.3 is 0 Å². The number of carbonyl (C=O) groups excluding carboxylic acids is 1. The Hall–Kier alpha value is -2.00. The molecule has 0 unspecified atom stereocenters. The number of aromatic nitrogens is 2. The molecule has 2 aliphatic rings. The third-order valence-corrected chi connectivity index (χ3v) is 5.89. The molecule has 156 valence electrons. The molecular weight excluding hydrogens is 396 g/mol. The molecule has 0 aliphatic carbocycles. The van der Waals surface area contributed by atoms with Crippen LogP contribution in [0.1, 0.15) is 19.3 Å². The number of anilines is 1. The van der Waals surface area contributed by atoms with Gasteiger partial charge in [-0.05, 0) is 31.5 Å². The molecule has 0 saturated carbocycles. The Morgan fingerprint density at radius 2 is 2.14 bits per heavy atom. The highest BCUT2D eigenvalue weighted by molar-refractivity contribution is 6.34. The molecule has 9 heteroatoms. The molecule has 0 amide bonds. The molecule has 8 nitrogen and oxygen atoms in total. The van der Waals surface area contributed by atoms with Crippen molar-refractivity contribution in [2.75, 3.05) is 37.7 Å². The minimum Gasteiger partial charge on any atom is -0.391 e. The molecule has 2 atom stereocenters. The summed E-state index contributed by atoms with van der Waals surface area (Å²) < 4.78 is 6.69. The number of rotatable bonds is 5. The van der Waals surface area contributed by atoms with E-state index < -0.39 is 6.10 Å². The minimum absolute atomic E-state index is 0.0739. The van der Waals surface area contributed by atoms with Crippen LogP contribution < -0.4 is 15.8 Å². The molecule has 2 aliphatic heterocycles. The highest BCUT2D eigenvalue weighted by atomic mass is 35.5. The van der Waals surface area contributed by atoms with Crippen LogP contribution in [0.3, 0.4) is 0 Å². The average molecular weight is 421 g/mol. The third-order valence-electron chi connectivity index (χ3n) is 5.59. The standard InChI is InChI=1S/C20H25ClN4O4/c21-15-9-14-16(10-18(15)24-4-6-29-7-5-24)23-12-25(20(14)28)11-13(26)8-17-19(27)2-1-3-22-17/h9-10,12,17,19,22,27H,1-8,11H2/t17-,19+/m0/s1. The lowest BCUT2D eigenvalue weighted by molar-refractivity contribution is -0.121. The van der Waals surface area contributed by atoms with Crippen LogP contribution in [0.4, 0.5) is 5.69 Å². The number of ether oxygens (including phenoxy) is 1. The number of nitrogens with one attached hydrogen (secondary N) is 1. The van der Waals surface area contributed by atoms with E-state index in [2.05, 4.69) is 15.2 Å². The van der Waals surface area contributed by atoms with Gasteiger partial charge in [0.1, 0.15) is 0 Å². The van der Waals surface area contributed by atoms with Crippen LogP contribution in [0, 0.1) is 0 Å². The van der Waals surface area contributed by atoms with E-state index in [1.807, 2.05) is 6.07 Å². The van der Waals surface area contributed by atoms with Gasteiger partial charge in [-0.25, -0.2) is 4.98 Å². The first-order valence-corrected chi connectivity index (χ1v) is 10.4. The van der Waals surface area contributed by atoms with Crippen LogP contribution in [-0.4, -0.2) is 65.4 Å². The van der Waals surface area contributed by atoms with E-state index in [9.17, 15) is 14.7 Å².